The number of hydrogen-bond acceptors (Lipinski definition) is 5. The van der Waals surface area contributed by atoms with Crippen molar-refractivity contribution in [2.75, 3.05) is 7.05 Å². The fraction of sp³-hybridized carbons (Fsp3) is 0.208. The Labute approximate surface area is 202 Å². The summed E-state index contributed by atoms with van der Waals surface area (Å²) >= 11 is 0. The molecule has 0 unspecified atom stereocenters. The van der Waals surface area contributed by atoms with E-state index in [1.165, 1.54) is 4.68 Å². The van der Waals surface area contributed by atoms with Gasteiger partial charge in [-0.3, -0.25) is 9.59 Å². The van der Waals surface area contributed by atoms with Crippen LogP contribution in [0.4, 0.5) is 13.2 Å². The summed E-state index contributed by atoms with van der Waals surface area (Å²) in [6.45, 7) is 4.15. The minimum atomic E-state index is -5.08. The van der Waals surface area contributed by atoms with Crippen LogP contribution >= 0.6 is 0 Å². The van der Waals surface area contributed by atoms with Crippen LogP contribution in [-0.2, 0) is 11.3 Å². The number of aliphatic carboxylic acids is 1. The summed E-state index contributed by atoms with van der Waals surface area (Å²) in [4.78, 5) is 43.7. The van der Waals surface area contributed by atoms with E-state index in [2.05, 4.69) is 15.1 Å². The zero-order valence-corrected chi connectivity index (χ0v) is 19.5. The van der Waals surface area contributed by atoms with Crippen LogP contribution in [0.15, 0.2) is 59.5 Å². The number of H-pyrrole nitrogens is 1. The summed E-state index contributed by atoms with van der Waals surface area (Å²) in [7, 11) is 1.72. The molecule has 0 bridgehead atoms. The molecule has 0 radical (unpaired) electrons. The fourth-order valence-corrected chi connectivity index (χ4v) is 3.36. The predicted octanol–water partition coefficient (Wildman–Crippen LogP) is 3.63. The van der Waals surface area contributed by atoms with Gasteiger partial charge in [-0.25, -0.2) is 9.78 Å². The second-order valence-corrected chi connectivity index (χ2v) is 7.88. The lowest BCUT2D eigenvalue weighted by Gasteiger charge is -2.16. The van der Waals surface area contributed by atoms with Crippen LogP contribution in [-0.4, -0.2) is 54.9 Å². The molecule has 0 spiro atoms. The number of aromatic nitrogens is 4. The molecule has 2 aromatic carbocycles. The molecule has 0 atom stereocenters. The highest BCUT2D eigenvalue weighted by Gasteiger charge is 2.38. The van der Waals surface area contributed by atoms with Gasteiger partial charge in [-0.1, -0.05) is 24.3 Å². The molecular formula is C24H22F3N5O4. The van der Waals surface area contributed by atoms with E-state index < -0.39 is 12.1 Å². The summed E-state index contributed by atoms with van der Waals surface area (Å²) < 4.78 is 33.1. The molecule has 2 aromatic heterocycles. The highest BCUT2D eigenvalue weighted by atomic mass is 19.4. The van der Waals surface area contributed by atoms with Crippen LogP contribution in [0.25, 0.3) is 16.5 Å². The molecule has 9 nitrogen and oxygen atoms in total. The Kier molecular flexibility index (Phi) is 7.56. The first-order valence-corrected chi connectivity index (χ1v) is 10.5. The number of carboxylic acid groups (broad SMARTS) is 1. The van der Waals surface area contributed by atoms with E-state index in [0.717, 1.165) is 22.6 Å². The van der Waals surface area contributed by atoms with Gasteiger partial charge >= 0.3 is 12.1 Å². The third kappa shape index (κ3) is 5.95. The minimum Gasteiger partial charge on any atom is -0.475 e. The van der Waals surface area contributed by atoms with Crippen molar-refractivity contribution in [3.63, 3.8) is 0 Å². The Balaban J connectivity index is 0.000000454. The fourth-order valence-electron chi connectivity index (χ4n) is 3.36. The molecule has 1 amide bonds. The average Bonchev–Trinajstić information content (AvgIpc) is 3.25. The number of carbonyl (C=O) groups excluding carboxylic acids is 1. The SMILES string of the molecule is Cc1cnc(CN(C)C(=O)c2cccc(-n3nc(C)c4ccccc4c3=O)c2)[nH]1.O=C(O)C(F)(F)F. The zero-order valence-electron chi connectivity index (χ0n) is 19.5. The minimum absolute atomic E-state index is 0.161. The average molecular weight is 501 g/mol. The number of aromatic amines is 1. The third-order valence-electron chi connectivity index (χ3n) is 5.06. The molecule has 0 aliphatic carbocycles. The van der Waals surface area contributed by atoms with Gasteiger partial charge in [-0.2, -0.15) is 23.0 Å². The molecule has 0 aliphatic rings. The van der Waals surface area contributed by atoms with Crippen LogP contribution in [0.3, 0.4) is 0 Å². The van der Waals surface area contributed by atoms with E-state index in [9.17, 15) is 22.8 Å². The van der Waals surface area contributed by atoms with Crippen LogP contribution in [0.5, 0.6) is 0 Å². The summed E-state index contributed by atoms with van der Waals surface area (Å²) in [5.41, 5.74) is 2.52. The second-order valence-electron chi connectivity index (χ2n) is 7.88. The summed E-state index contributed by atoms with van der Waals surface area (Å²) in [6.07, 6.45) is -3.35. The smallest absolute Gasteiger partial charge is 0.475 e. The number of amides is 1. The first kappa shape index (κ1) is 26.1. The first-order chi connectivity index (χ1) is 16.9. The van der Waals surface area contributed by atoms with E-state index in [1.807, 2.05) is 32.0 Å². The molecule has 36 heavy (non-hydrogen) atoms. The van der Waals surface area contributed by atoms with Gasteiger partial charge in [0.2, 0.25) is 0 Å². The van der Waals surface area contributed by atoms with Gasteiger partial charge in [-0.05, 0) is 38.1 Å². The lowest BCUT2D eigenvalue weighted by Crippen LogP contribution is -2.27. The monoisotopic (exact) mass is 501 g/mol. The standard InChI is InChI=1S/C22H21N5O2.C2HF3O2/c1-14-12-23-20(24-14)13-26(3)21(28)16-7-6-8-17(11-16)27-22(29)19-10-5-4-9-18(19)15(2)25-27;3-2(4,5)1(6)7/h4-12H,13H2,1-3H3,(H,23,24);(H,6,7). The van der Waals surface area contributed by atoms with Crippen molar-refractivity contribution in [1.29, 1.82) is 0 Å². The van der Waals surface area contributed by atoms with Gasteiger partial charge in [0.1, 0.15) is 5.82 Å². The molecule has 2 N–H and O–H groups in total. The number of nitrogens with one attached hydrogen (secondary N) is 1. The predicted molar refractivity (Wildman–Crippen MR) is 125 cm³/mol. The van der Waals surface area contributed by atoms with E-state index in [-0.39, 0.29) is 11.5 Å². The Morgan fingerprint density at radius 1 is 1.08 bits per heavy atom. The van der Waals surface area contributed by atoms with Gasteiger partial charge in [0.25, 0.3) is 11.5 Å². The number of benzene rings is 2. The molecule has 0 saturated heterocycles. The summed E-state index contributed by atoms with van der Waals surface area (Å²) in [5, 5.41) is 13.0. The highest BCUT2D eigenvalue weighted by Crippen LogP contribution is 2.16. The summed E-state index contributed by atoms with van der Waals surface area (Å²) in [5.74, 6) is -2.20. The number of rotatable bonds is 4. The van der Waals surface area contributed by atoms with Crippen molar-refractivity contribution in [3.8, 4) is 5.69 Å². The molecule has 0 fully saturated rings. The molecule has 2 heterocycles. The van der Waals surface area contributed by atoms with Crippen molar-refractivity contribution >= 4 is 22.6 Å². The molecule has 188 valence electrons. The lowest BCUT2D eigenvalue weighted by atomic mass is 10.1. The quantitative estimate of drug-likeness (QED) is 0.441. The maximum absolute atomic E-state index is 12.9. The van der Waals surface area contributed by atoms with Crippen LogP contribution in [0, 0.1) is 13.8 Å². The third-order valence-corrected chi connectivity index (χ3v) is 5.06. The number of alkyl halides is 3. The van der Waals surface area contributed by atoms with Crippen molar-refractivity contribution in [2.24, 2.45) is 0 Å². The maximum Gasteiger partial charge on any atom is 0.490 e. The highest BCUT2D eigenvalue weighted by molar-refractivity contribution is 5.94. The van der Waals surface area contributed by atoms with Gasteiger partial charge in [-0.15, -0.1) is 0 Å². The first-order valence-electron chi connectivity index (χ1n) is 10.5. The van der Waals surface area contributed by atoms with Gasteiger partial charge in [0.05, 0.1) is 23.3 Å². The van der Waals surface area contributed by atoms with Gasteiger partial charge in [0.15, 0.2) is 0 Å². The number of imidazole rings is 1. The van der Waals surface area contributed by atoms with Crippen molar-refractivity contribution < 1.29 is 27.9 Å². The van der Waals surface area contributed by atoms with Crippen molar-refractivity contribution in [3.05, 3.63) is 87.9 Å². The number of fused-ring (bicyclic) bond motifs is 1. The number of hydrogen-bond donors (Lipinski definition) is 2. The van der Waals surface area contributed by atoms with E-state index in [4.69, 9.17) is 9.90 Å². The molecule has 4 rings (SSSR count). The molecule has 0 aliphatic heterocycles. The number of halogens is 3. The largest absolute Gasteiger partial charge is 0.490 e. The number of carbonyl (C=O) groups is 2. The van der Waals surface area contributed by atoms with E-state index in [1.54, 1.807) is 48.5 Å². The Morgan fingerprint density at radius 2 is 1.72 bits per heavy atom. The van der Waals surface area contributed by atoms with Gasteiger partial charge < -0.3 is 15.0 Å². The summed E-state index contributed by atoms with van der Waals surface area (Å²) in [6, 6.07) is 14.3. The van der Waals surface area contributed by atoms with Crippen molar-refractivity contribution in [1.82, 2.24) is 24.6 Å². The molecular weight excluding hydrogens is 479 g/mol. The Hall–Kier alpha value is -4.48. The lowest BCUT2D eigenvalue weighted by molar-refractivity contribution is -0.192. The van der Waals surface area contributed by atoms with Crippen LogP contribution in [0.1, 0.15) is 27.6 Å². The molecule has 0 saturated carbocycles. The maximum atomic E-state index is 12.9. The number of carboxylic acids is 1. The Morgan fingerprint density at radius 3 is 2.31 bits per heavy atom. The van der Waals surface area contributed by atoms with Crippen LogP contribution < -0.4 is 5.56 Å². The Bertz CT molecular complexity index is 1480. The number of nitrogens with zero attached hydrogens (tertiary/aromatic N) is 4. The van der Waals surface area contributed by atoms with Gasteiger partial charge in [0, 0.05) is 29.9 Å². The normalized spacial score (nSPS) is 11.1. The number of aryl methyl sites for hydroxylation is 2. The molecule has 12 heteroatoms. The van der Waals surface area contributed by atoms with Crippen LogP contribution in [0.2, 0.25) is 0 Å². The zero-order chi connectivity index (χ0) is 26.6. The van der Waals surface area contributed by atoms with E-state index in [0.29, 0.717) is 23.2 Å². The molecule has 4 aromatic rings. The second kappa shape index (κ2) is 10.4. The topological polar surface area (TPSA) is 121 Å². The van der Waals surface area contributed by atoms with E-state index >= 15 is 0 Å². The van der Waals surface area contributed by atoms with Crippen molar-refractivity contribution in [2.45, 2.75) is 26.6 Å².